The zero-order chi connectivity index (χ0) is 41.6. The second kappa shape index (κ2) is 16.9. The highest BCUT2D eigenvalue weighted by Crippen LogP contribution is 2.49. The van der Waals surface area contributed by atoms with Crippen LogP contribution >= 0.6 is 0 Å². The van der Waals surface area contributed by atoms with Crippen molar-refractivity contribution in [3.05, 3.63) is 145 Å². The molecule has 0 spiro atoms. The minimum Gasteiger partial charge on any atom is -0.467 e. The van der Waals surface area contributed by atoms with E-state index >= 15 is 0 Å². The van der Waals surface area contributed by atoms with E-state index in [2.05, 4.69) is 139 Å². The number of pyridine rings is 2. The smallest absolute Gasteiger partial charge is 0.229 e. The average Bonchev–Trinajstić information content (AvgIpc) is 3.35. The van der Waals surface area contributed by atoms with Gasteiger partial charge in [-0.05, 0) is 92.3 Å². The van der Waals surface area contributed by atoms with Crippen molar-refractivity contribution in [3.8, 4) is 34.3 Å². The Morgan fingerprint density at radius 3 is 1.45 bits per heavy atom. The van der Waals surface area contributed by atoms with Crippen molar-refractivity contribution in [3.63, 3.8) is 0 Å². The summed E-state index contributed by atoms with van der Waals surface area (Å²) in [5, 5.41) is 2.22. The highest BCUT2D eigenvalue weighted by atomic mass is 16.5. The molecule has 2 unspecified atom stereocenters. The molecule has 8 heteroatoms. The minimum atomic E-state index is -0.316. The molecule has 0 amide bonds. The normalized spacial score (nSPS) is 26.4. The highest BCUT2D eigenvalue weighted by molar-refractivity contribution is 5.84. The molecule has 314 valence electrons. The van der Waals surface area contributed by atoms with Crippen molar-refractivity contribution in [1.82, 2.24) is 29.7 Å². The molecule has 10 atom stereocenters. The van der Waals surface area contributed by atoms with Crippen LogP contribution in [-0.2, 0) is 0 Å². The van der Waals surface area contributed by atoms with Gasteiger partial charge in [-0.15, -0.1) is 0 Å². The summed E-state index contributed by atoms with van der Waals surface area (Å²) in [6.07, 6.45) is 10.3. The molecule has 13 rings (SSSR count). The van der Waals surface area contributed by atoms with Crippen LogP contribution in [0.15, 0.2) is 134 Å². The predicted molar refractivity (Wildman–Crippen MR) is 247 cm³/mol. The Hall–Kier alpha value is -5.70. The van der Waals surface area contributed by atoms with Crippen molar-refractivity contribution >= 4 is 21.8 Å². The molecule has 6 fully saturated rings. The van der Waals surface area contributed by atoms with E-state index in [-0.39, 0.29) is 24.3 Å². The van der Waals surface area contributed by atoms with Gasteiger partial charge in [0.2, 0.25) is 11.8 Å². The minimum absolute atomic E-state index is 0.165. The van der Waals surface area contributed by atoms with Gasteiger partial charge in [-0.3, -0.25) is 19.8 Å². The van der Waals surface area contributed by atoms with Crippen molar-refractivity contribution in [2.75, 3.05) is 26.2 Å². The molecule has 3 aromatic heterocycles. The summed E-state index contributed by atoms with van der Waals surface area (Å²) in [4.78, 5) is 25.9. The number of piperidine rings is 6. The molecule has 6 aliphatic heterocycles. The molecule has 62 heavy (non-hydrogen) atoms. The summed E-state index contributed by atoms with van der Waals surface area (Å²) in [7, 11) is 0. The number of benzene rings is 4. The largest absolute Gasteiger partial charge is 0.467 e. The maximum absolute atomic E-state index is 7.72. The first-order chi connectivity index (χ1) is 30.6. The van der Waals surface area contributed by atoms with E-state index in [1.165, 1.54) is 25.7 Å². The molecular formula is C54H56N6O2. The first-order valence-electron chi connectivity index (χ1n) is 23.1. The Morgan fingerprint density at radius 1 is 0.548 bits per heavy atom. The highest BCUT2D eigenvalue weighted by Gasteiger charge is 2.46. The molecule has 4 aromatic carbocycles. The monoisotopic (exact) mass is 820 g/mol. The van der Waals surface area contributed by atoms with Gasteiger partial charge in [-0.1, -0.05) is 124 Å². The lowest BCUT2D eigenvalue weighted by Crippen LogP contribution is -2.56. The Kier molecular flexibility index (Phi) is 10.7. The number of nitrogens with zero attached hydrogens (tertiary/aromatic N) is 6. The zero-order valence-electron chi connectivity index (χ0n) is 35.9. The van der Waals surface area contributed by atoms with Crippen LogP contribution in [0.1, 0.15) is 75.7 Å². The molecular weight excluding hydrogens is 765 g/mol. The van der Waals surface area contributed by atoms with E-state index < -0.39 is 0 Å². The van der Waals surface area contributed by atoms with Gasteiger partial charge in [0.05, 0.1) is 23.1 Å². The van der Waals surface area contributed by atoms with Crippen molar-refractivity contribution in [1.29, 1.82) is 0 Å². The van der Waals surface area contributed by atoms with E-state index in [0.29, 0.717) is 41.3 Å². The molecule has 6 saturated heterocycles. The number of para-hydroxylation sites is 2. The second-order valence-corrected chi connectivity index (χ2v) is 18.2. The standard InChI is InChI=1S/C54H56N6O2/c1-3-35-33-59-29-25-39(35)31-47(59)50(43-23-27-55-45-21-13-11-19-41(43)45)61-53-49(37-15-7-5-8-16-37)54(58-52(57-53)38-17-9-6-10-18-38)62-51(44-24-28-56-46-22-14-12-20-42(44)46)48-32-40-26-30-60(48)34-36(40)4-2/h5-24,27-28,35-36,39-40,47-48,50-51H,3-4,25-26,29-34H2,1-2H3/t35-,36-,39-,40-,47-,48-,50+,51+/m0/s1. The fourth-order valence-corrected chi connectivity index (χ4v) is 11.7. The maximum Gasteiger partial charge on any atom is 0.229 e. The van der Waals surface area contributed by atoms with Crippen molar-refractivity contribution in [2.45, 2.75) is 76.7 Å². The van der Waals surface area contributed by atoms with Crippen LogP contribution in [-0.4, -0.2) is 68.0 Å². The lowest BCUT2D eigenvalue weighted by molar-refractivity contribution is -0.0510. The van der Waals surface area contributed by atoms with Crippen LogP contribution in [0.25, 0.3) is 44.3 Å². The Balaban J connectivity index is 1.11. The van der Waals surface area contributed by atoms with E-state index in [9.17, 15) is 0 Å². The number of rotatable bonds is 12. The molecule has 8 nitrogen and oxygen atoms in total. The SMILES string of the molecule is CC[C@H]1CN2CC[C@H]1C[C@H]2[C@H](Oc1nc(-c2ccccc2)nc(O[C@H](c2ccnc3ccccc23)[C@@H]2C[C@@H]3CCN2C[C@@H]3CC)c1-c1ccccc1)c1ccnc2ccccc12. The van der Waals surface area contributed by atoms with Gasteiger partial charge in [-0.25, -0.2) is 0 Å². The van der Waals surface area contributed by atoms with Gasteiger partial charge in [0, 0.05) is 52.9 Å². The Bertz CT molecular complexity index is 2520. The molecule has 7 aromatic rings. The fourth-order valence-electron chi connectivity index (χ4n) is 11.7. The Morgan fingerprint density at radius 2 is 1.00 bits per heavy atom. The molecule has 9 heterocycles. The van der Waals surface area contributed by atoms with Crippen LogP contribution in [0, 0.1) is 23.7 Å². The van der Waals surface area contributed by atoms with Crippen LogP contribution in [0.3, 0.4) is 0 Å². The lowest BCUT2D eigenvalue weighted by atomic mass is 9.72. The van der Waals surface area contributed by atoms with Crippen molar-refractivity contribution < 1.29 is 9.47 Å². The van der Waals surface area contributed by atoms with Crippen molar-refractivity contribution in [2.24, 2.45) is 23.7 Å². The third-order valence-electron chi connectivity index (χ3n) is 15.0. The van der Waals surface area contributed by atoms with E-state index in [1.807, 2.05) is 18.5 Å². The molecule has 0 saturated carbocycles. The van der Waals surface area contributed by atoms with E-state index in [1.54, 1.807) is 0 Å². The molecule has 4 bridgehead atoms. The Labute approximate surface area is 365 Å². The summed E-state index contributed by atoms with van der Waals surface area (Å²) in [5.74, 6) is 4.40. The molecule has 0 aliphatic carbocycles. The summed E-state index contributed by atoms with van der Waals surface area (Å²) in [5.41, 5.74) is 6.87. The first kappa shape index (κ1) is 39.2. The number of hydrogen-bond donors (Lipinski definition) is 0. The quantitative estimate of drug-likeness (QED) is 0.121. The summed E-state index contributed by atoms with van der Waals surface area (Å²) < 4.78 is 15.4. The van der Waals surface area contributed by atoms with Crippen LogP contribution < -0.4 is 9.47 Å². The van der Waals surface area contributed by atoms with Gasteiger partial charge < -0.3 is 9.47 Å². The lowest BCUT2D eigenvalue weighted by Gasteiger charge is -2.52. The predicted octanol–water partition coefficient (Wildman–Crippen LogP) is 11.4. The number of fused-ring (bicyclic) bond motifs is 8. The van der Waals surface area contributed by atoms with Crippen LogP contribution in [0.4, 0.5) is 0 Å². The molecule has 6 aliphatic rings. The molecule has 0 radical (unpaired) electrons. The third kappa shape index (κ3) is 7.21. The summed E-state index contributed by atoms with van der Waals surface area (Å²) in [6, 6.07) is 42.5. The van der Waals surface area contributed by atoms with Gasteiger partial charge in [-0.2, -0.15) is 9.97 Å². The van der Waals surface area contributed by atoms with E-state index in [4.69, 9.17) is 29.4 Å². The number of aromatic nitrogens is 4. The van der Waals surface area contributed by atoms with E-state index in [0.717, 1.165) is 88.6 Å². The van der Waals surface area contributed by atoms with Gasteiger partial charge >= 0.3 is 0 Å². The van der Waals surface area contributed by atoms with Gasteiger partial charge in [0.25, 0.3) is 0 Å². The van der Waals surface area contributed by atoms with Gasteiger partial charge in [0.15, 0.2) is 5.82 Å². The molecule has 0 N–H and O–H groups in total. The maximum atomic E-state index is 7.72. The summed E-state index contributed by atoms with van der Waals surface area (Å²) >= 11 is 0. The first-order valence-corrected chi connectivity index (χ1v) is 23.1. The topological polar surface area (TPSA) is 76.5 Å². The number of hydrogen-bond acceptors (Lipinski definition) is 8. The van der Waals surface area contributed by atoms with Crippen LogP contribution in [0.5, 0.6) is 11.8 Å². The zero-order valence-corrected chi connectivity index (χ0v) is 35.9. The third-order valence-corrected chi connectivity index (χ3v) is 15.0. The summed E-state index contributed by atoms with van der Waals surface area (Å²) in [6.45, 7) is 9.04. The fraction of sp³-hybridized carbons (Fsp3) is 0.370. The average molecular weight is 821 g/mol. The second-order valence-electron chi connectivity index (χ2n) is 18.2. The number of ether oxygens (including phenoxy) is 2. The van der Waals surface area contributed by atoms with Gasteiger partial charge in [0.1, 0.15) is 17.8 Å². The van der Waals surface area contributed by atoms with Crippen LogP contribution in [0.2, 0.25) is 0 Å².